The van der Waals surface area contributed by atoms with Crippen LogP contribution in [-0.2, 0) is 47.2 Å². The summed E-state index contributed by atoms with van der Waals surface area (Å²) in [7, 11) is -4.57. The van der Waals surface area contributed by atoms with Crippen LogP contribution in [0, 0.1) is 10.8 Å². The van der Waals surface area contributed by atoms with Gasteiger partial charge in [0.1, 0.15) is 47.5 Å². The predicted molar refractivity (Wildman–Crippen MR) is 189 cm³/mol. The normalized spacial score (nSPS) is 27.7. The molecule has 1 unspecified atom stereocenters. The first-order valence-electron chi connectivity index (χ1n) is 17.6. The molecular weight excluding hydrogens is 709 g/mol. The number of para-hydroxylation sites is 1. The monoisotopic (exact) mass is 757 g/mol. The van der Waals surface area contributed by atoms with E-state index in [1.165, 1.54) is 17.8 Å². The van der Waals surface area contributed by atoms with Crippen LogP contribution in [0.5, 0.6) is 5.75 Å². The lowest BCUT2D eigenvalue weighted by atomic mass is 9.95. The van der Waals surface area contributed by atoms with Crippen molar-refractivity contribution in [2.45, 2.75) is 110 Å². The van der Waals surface area contributed by atoms with Gasteiger partial charge in [-0.25, -0.2) is 14.1 Å². The molecule has 4 heterocycles. The van der Waals surface area contributed by atoms with Crippen molar-refractivity contribution in [3.63, 3.8) is 0 Å². The zero-order valence-corrected chi connectivity index (χ0v) is 32.1. The molecule has 0 spiro atoms. The van der Waals surface area contributed by atoms with E-state index in [-0.39, 0.29) is 17.7 Å². The number of nitrogens with one attached hydrogen (secondary N) is 1. The molecule has 6 rings (SSSR count). The van der Waals surface area contributed by atoms with E-state index in [1.807, 2.05) is 0 Å². The SMILES string of the molecule is C[C@H](N[P@@](=O)(Oc1ccccc1)OC1[C@@]2(C)O[C@@H](c3ccc4c(N)ncnn34)[C@H](OC(=O)C(C)(C)C)[C@@]12OC(=O)C(C)(C)C)C(=O)OC1CCOCC1. The number of carbonyl (C=O) groups is 3. The largest absolute Gasteiger partial charge is 0.461 e. The highest BCUT2D eigenvalue weighted by atomic mass is 31.2. The fourth-order valence-corrected chi connectivity index (χ4v) is 8.19. The summed E-state index contributed by atoms with van der Waals surface area (Å²) in [4.78, 5) is 44.9. The Morgan fingerprint density at radius 3 is 2.30 bits per heavy atom. The molecule has 2 aliphatic heterocycles. The maximum atomic E-state index is 14.9. The summed E-state index contributed by atoms with van der Waals surface area (Å²) in [5.41, 5.74) is 1.55. The van der Waals surface area contributed by atoms with Crippen molar-refractivity contribution in [1.82, 2.24) is 19.7 Å². The summed E-state index contributed by atoms with van der Waals surface area (Å²) in [6, 6.07) is 10.5. The van der Waals surface area contributed by atoms with Crippen molar-refractivity contribution in [1.29, 1.82) is 0 Å². The number of benzene rings is 1. The Balaban J connectivity index is 1.41. The van der Waals surface area contributed by atoms with Crippen LogP contribution in [0.4, 0.5) is 5.82 Å². The van der Waals surface area contributed by atoms with Gasteiger partial charge >= 0.3 is 25.7 Å². The molecular formula is C36H48N5O11P. The molecule has 2 aromatic heterocycles. The van der Waals surface area contributed by atoms with Crippen molar-refractivity contribution in [3.8, 4) is 5.75 Å². The van der Waals surface area contributed by atoms with E-state index in [1.54, 1.807) is 90.9 Å². The molecule has 288 valence electrons. The quantitative estimate of drug-likeness (QED) is 0.155. The molecule has 0 radical (unpaired) electrons. The van der Waals surface area contributed by atoms with Crippen LogP contribution in [0.15, 0.2) is 48.8 Å². The lowest BCUT2D eigenvalue weighted by Gasteiger charge is -2.33. The molecule has 0 bridgehead atoms. The highest BCUT2D eigenvalue weighted by Gasteiger charge is 2.92. The molecule has 3 aliphatic rings. The fraction of sp³-hybridized carbons (Fsp3) is 0.583. The number of ether oxygens (including phenoxy) is 5. The van der Waals surface area contributed by atoms with Gasteiger partial charge in [0.2, 0.25) is 5.60 Å². The molecule has 3 N–H and O–H groups in total. The van der Waals surface area contributed by atoms with E-state index in [0.29, 0.717) is 37.3 Å². The second-order valence-corrected chi connectivity index (χ2v) is 17.5. The van der Waals surface area contributed by atoms with E-state index in [9.17, 15) is 18.9 Å². The highest BCUT2D eigenvalue weighted by Crippen LogP contribution is 2.71. The maximum Gasteiger partial charge on any atom is 0.459 e. The van der Waals surface area contributed by atoms with Gasteiger partial charge in [0.25, 0.3) is 0 Å². The average Bonchev–Trinajstić information content (AvgIpc) is 3.35. The Morgan fingerprint density at radius 2 is 1.66 bits per heavy atom. The number of carbonyl (C=O) groups excluding carboxylic acids is 3. The Bertz CT molecular complexity index is 1900. The zero-order valence-electron chi connectivity index (χ0n) is 31.2. The van der Waals surface area contributed by atoms with Crippen molar-refractivity contribution in [2.24, 2.45) is 10.8 Å². The first kappa shape index (κ1) is 38.6. The van der Waals surface area contributed by atoms with Crippen LogP contribution in [0.1, 0.15) is 80.0 Å². The summed E-state index contributed by atoms with van der Waals surface area (Å²) in [6.45, 7) is 14.0. The standard InChI is InChI=1S/C36H48N5O11P/c1-21(29(42)47-22-16-18-46-19-17-22)40-53(45,51-23-12-10-9-11-13-23)52-30-35(8)36(30,50-32(44)34(5,6)7)27(48-31(43)33(2,3)4)26(49-35)24-14-15-25-28(37)38-20-39-41(24)25/h9-15,20-22,26-27,30H,16-19H2,1-8H3,(H,40,45)(H2,37,38,39)/t21-,26-,27-,30?,35+,36+,53+/m0/s1. The minimum atomic E-state index is -4.57. The van der Waals surface area contributed by atoms with Gasteiger partial charge in [-0.3, -0.25) is 18.9 Å². The highest BCUT2D eigenvalue weighted by molar-refractivity contribution is 7.52. The smallest absolute Gasteiger partial charge is 0.459 e. The number of rotatable bonds is 11. The third kappa shape index (κ3) is 7.39. The van der Waals surface area contributed by atoms with Gasteiger partial charge in [-0.1, -0.05) is 18.2 Å². The molecule has 16 nitrogen and oxygen atoms in total. The number of hydrogen-bond donors (Lipinski definition) is 2. The molecule has 1 aliphatic carbocycles. The molecule has 3 fully saturated rings. The number of nitrogens with two attached hydrogens (primary N) is 1. The van der Waals surface area contributed by atoms with E-state index in [4.69, 9.17) is 38.5 Å². The first-order chi connectivity index (χ1) is 24.8. The summed E-state index contributed by atoms with van der Waals surface area (Å²) < 4.78 is 59.1. The molecule has 0 amide bonds. The van der Waals surface area contributed by atoms with E-state index in [0.717, 1.165) is 0 Å². The molecule has 2 saturated heterocycles. The number of esters is 3. The van der Waals surface area contributed by atoms with Crippen molar-refractivity contribution in [3.05, 3.63) is 54.5 Å². The predicted octanol–water partition coefficient (Wildman–Crippen LogP) is 4.71. The maximum absolute atomic E-state index is 14.9. The summed E-state index contributed by atoms with van der Waals surface area (Å²) in [5.74, 6) is -1.60. The summed E-state index contributed by atoms with van der Waals surface area (Å²) in [6.07, 6.45) is -1.82. The van der Waals surface area contributed by atoms with Crippen LogP contribution < -0.4 is 15.3 Å². The minimum absolute atomic E-state index is 0.163. The molecule has 1 aromatic carbocycles. The van der Waals surface area contributed by atoms with Crippen LogP contribution in [-0.4, -0.2) is 81.3 Å². The zero-order chi connectivity index (χ0) is 38.6. The van der Waals surface area contributed by atoms with E-state index >= 15 is 0 Å². The van der Waals surface area contributed by atoms with Crippen molar-refractivity contribution < 1.29 is 51.7 Å². The van der Waals surface area contributed by atoms with E-state index in [2.05, 4.69) is 15.2 Å². The van der Waals surface area contributed by atoms with Gasteiger partial charge in [-0.2, -0.15) is 10.2 Å². The second kappa shape index (κ2) is 14.0. The lowest BCUT2D eigenvalue weighted by molar-refractivity contribution is -0.187. The molecule has 7 atom stereocenters. The van der Waals surface area contributed by atoms with Gasteiger partial charge in [-0.15, -0.1) is 0 Å². The molecule has 17 heteroatoms. The second-order valence-electron chi connectivity index (χ2n) is 15.8. The number of anilines is 1. The Kier molecular flexibility index (Phi) is 10.2. The Hall–Kier alpha value is -4.08. The van der Waals surface area contributed by atoms with Crippen molar-refractivity contribution >= 4 is 37.0 Å². The third-order valence-electron chi connectivity index (χ3n) is 9.54. The van der Waals surface area contributed by atoms with Crippen LogP contribution in [0.3, 0.4) is 0 Å². The third-order valence-corrected chi connectivity index (χ3v) is 11.2. The van der Waals surface area contributed by atoms with E-state index < -0.39 is 72.0 Å². The number of fused-ring (bicyclic) bond motifs is 2. The van der Waals surface area contributed by atoms with Crippen LogP contribution >= 0.6 is 7.75 Å². The first-order valence-corrected chi connectivity index (χ1v) is 19.1. The van der Waals surface area contributed by atoms with Crippen LogP contribution in [0.25, 0.3) is 5.52 Å². The Labute approximate surface area is 307 Å². The van der Waals surface area contributed by atoms with Gasteiger partial charge in [0.15, 0.2) is 11.9 Å². The van der Waals surface area contributed by atoms with Crippen LogP contribution in [0.2, 0.25) is 0 Å². The summed E-state index contributed by atoms with van der Waals surface area (Å²) >= 11 is 0. The molecule has 53 heavy (non-hydrogen) atoms. The molecule has 1 saturated carbocycles. The fourth-order valence-electron chi connectivity index (χ4n) is 6.42. The topological polar surface area (TPSA) is 201 Å². The number of nitrogen functional groups attached to an aromatic ring is 1. The molecule has 3 aromatic rings. The van der Waals surface area contributed by atoms with Gasteiger partial charge < -0.3 is 33.9 Å². The summed E-state index contributed by atoms with van der Waals surface area (Å²) in [5, 5.41) is 7.08. The number of hydrogen-bond acceptors (Lipinski definition) is 14. The average molecular weight is 758 g/mol. The van der Waals surface area contributed by atoms with Gasteiger partial charge in [-0.05, 0) is 79.7 Å². The Morgan fingerprint density at radius 1 is 1.00 bits per heavy atom. The van der Waals surface area contributed by atoms with Gasteiger partial charge in [0, 0.05) is 12.8 Å². The van der Waals surface area contributed by atoms with Crippen molar-refractivity contribution in [2.75, 3.05) is 18.9 Å². The lowest BCUT2D eigenvalue weighted by Crippen LogP contribution is -2.46. The minimum Gasteiger partial charge on any atom is -0.461 e. The number of aromatic nitrogens is 3. The number of nitrogens with zero attached hydrogens (tertiary/aromatic N) is 3. The van der Waals surface area contributed by atoms with Gasteiger partial charge in [0.05, 0.1) is 29.7 Å².